The largest absolute Gasteiger partial charge is 0.345 e. The predicted molar refractivity (Wildman–Crippen MR) is 86.0 cm³/mol. The average Bonchev–Trinajstić information content (AvgIpc) is 2.82. The maximum absolute atomic E-state index is 12.1. The molecule has 1 heterocycles. The zero-order valence-electron chi connectivity index (χ0n) is 11.5. The second kappa shape index (κ2) is 5.69. The van der Waals surface area contributed by atoms with Crippen molar-refractivity contribution >= 4 is 32.9 Å². The highest BCUT2D eigenvalue weighted by atomic mass is 79.9. The smallest absolute Gasteiger partial charge is 0.251 e. The van der Waals surface area contributed by atoms with Crippen molar-refractivity contribution in [2.75, 3.05) is 0 Å². The van der Waals surface area contributed by atoms with Gasteiger partial charge in [-0.1, -0.05) is 28.1 Å². The van der Waals surface area contributed by atoms with Crippen LogP contribution in [0.4, 0.5) is 0 Å². The third-order valence-corrected chi connectivity index (χ3v) is 3.92. The topological polar surface area (TPSA) is 46.9 Å². The molecule has 0 spiro atoms. The zero-order valence-corrected chi connectivity index (χ0v) is 13.1. The number of imidazole rings is 1. The number of carbonyl (C=O) groups excluding carboxylic acids is 1. The molecule has 0 bridgehead atoms. The standard InChI is InChI=1S/C16H14BrN3O/c1-20-14-5-3-2-4-13(14)19-15(20)10-18-16(21)11-6-8-12(17)9-7-11/h2-9H,10H2,1H3,(H,18,21). The Labute approximate surface area is 130 Å². The van der Waals surface area contributed by atoms with Gasteiger partial charge in [-0.3, -0.25) is 4.79 Å². The first-order chi connectivity index (χ1) is 10.1. The van der Waals surface area contributed by atoms with Crippen LogP contribution in [0.5, 0.6) is 0 Å². The molecule has 3 aromatic rings. The highest BCUT2D eigenvalue weighted by Gasteiger charge is 2.09. The predicted octanol–water partition coefficient (Wildman–Crippen LogP) is 3.27. The molecule has 3 rings (SSSR count). The van der Waals surface area contributed by atoms with Gasteiger partial charge in [0, 0.05) is 17.1 Å². The molecule has 106 valence electrons. The molecule has 2 aromatic carbocycles. The van der Waals surface area contributed by atoms with E-state index in [1.165, 1.54) is 0 Å². The number of aromatic nitrogens is 2. The third kappa shape index (κ3) is 2.83. The van der Waals surface area contributed by atoms with Gasteiger partial charge in [0.1, 0.15) is 5.82 Å². The van der Waals surface area contributed by atoms with E-state index in [0.29, 0.717) is 12.1 Å². The van der Waals surface area contributed by atoms with Crippen molar-refractivity contribution < 1.29 is 4.79 Å². The summed E-state index contributed by atoms with van der Waals surface area (Å²) < 4.78 is 2.95. The van der Waals surface area contributed by atoms with Crippen LogP contribution in [-0.4, -0.2) is 15.5 Å². The number of hydrogen-bond donors (Lipinski definition) is 1. The SMILES string of the molecule is Cn1c(CNC(=O)c2ccc(Br)cc2)nc2ccccc21. The maximum atomic E-state index is 12.1. The number of nitrogens with one attached hydrogen (secondary N) is 1. The summed E-state index contributed by atoms with van der Waals surface area (Å²) in [6, 6.07) is 15.2. The summed E-state index contributed by atoms with van der Waals surface area (Å²) in [5, 5.41) is 2.90. The molecule has 5 heteroatoms. The van der Waals surface area contributed by atoms with Gasteiger partial charge in [-0.25, -0.2) is 4.98 Å². The number of fused-ring (bicyclic) bond motifs is 1. The van der Waals surface area contributed by atoms with Crippen LogP contribution < -0.4 is 5.32 Å². The van der Waals surface area contributed by atoms with E-state index in [-0.39, 0.29) is 5.91 Å². The normalized spacial score (nSPS) is 10.8. The van der Waals surface area contributed by atoms with Gasteiger partial charge in [-0.2, -0.15) is 0 Å². The number of aryl methyl sites for hydroxylation is 1. The van der Waals surface area contributed by atoms with Crippen LogP contribution in [0.15, 0.2) is 53.0 Å². The Morgan fingerprint density at radius 2 is 1.90 bits per heavy atom. The first-order valence-corrected chi connectivity index (χ1v) is 7.38. The molecular weight excluding hydrogens is 330 g/mol. The Hall–Kier alpha value is -2.14. The van der Waals surface area contributed by atoms with Gasteiger partial charge >= 0.3 is 0 Å². The molecule has 0 atom stereocenters. The number of nitrogens with zero attached hydrogens (tertiary/aromatic N) is 2. The molecule has 0 unspecified atom stereocenters. The van der Waals surface area contributed by atoms with E-state index < -0.39 is 0 Å². The molecule has 1 amide bonds. The molecule has 0 aliphatic rings. The molecule has 0 saturated carbocycles. The van der Waals surface area contributed by atoms with Crippen molar-refractivity contribution in [1.82, 2.24) is 14.9 Å². The van der Waals surface area contributed by atoms with Crippen LogP contribution in [0.25, 0.3) is 11.0 Å². The van der Waals surface area contributed by atoms with E-state index in [9.17, 15) is 4.79 Å². The lowest BCUT2D eigenvalue weighted by Crippen LogP contribution is -2.24. The second-order valence-corrected chi connectivity index (χ2v) is 5.68. The lowest BCUT2D eigenvalue weighted by Gasteiger charge is -2.05. The van der Waals surface area contributed by atoms with Crippen LogP contribution in [0.1, 0.15) is 16.2 Å². The summed E-state index contributed by atoms with van der Waals surface area (Å²) >= 11 is 3.35. The minimum atomic E-state index is -0.102. The fraction of sp³-hybridized carbons (Fsp3) is 0.125. The fourth-order valence-corrected chi connectivity index (χ4v) is 2.48. The van der Waals surface area contributed by atoms with Gasteiger partial charge < -0.3 is 9.88 Å². The minimum absolute atomic E-state index is 0.102. The van der Waals surface area contributed by atoms with Gasteiger partial charge in [0.05, 0.1) is 17.6 Å². The number of rotatable bonds is 3. The molecule has 21 heavy (non-hydrogen) atoms. The number of benzene rings is 2. The molecule has 0 aliphatic carbocycles. The first-order valence-electron chi connectivity index (χ1n) is 6.59. The van der Waals surface area contributed by atoms with Crippen LogP contribution in [0.2, 0.25) is 0 Å². The molecule has 1 aromatic heterocycles. The minimum Gasteiger partial charge on any atom is -0.345 e. The van der Waals surface area contributed by atoms with E-state index in [1.807, 2.05) is 48.0 Å². The third-order valence-electron chi connectivity index (χ3n) is 3.39. The summed E-state index contributed by atoms with van der Waals surface area (Å²) in [5.74, 6) is 0.733. The molecule has 1 N–H and O–H groups in total. The molecule has 0 fully saturated rings. The summed E-state index contributed by atoms with van der Waals surface area (Å²) in [6.45, 7) is 0.403. The van der Waals surface area contributed by atoms with Gasteiger partial charge in [0.15, 0.2) is 0 Å². The quantitative estimate of drug-likeness (QED) is 0.793. The van der Waals surface area contributed by atoms with Crippen molar-refractivity contribution in [2.45, 2.75) is 6.54 Å². The number of hydrogen-bond acceptors (Lipinski definition) is 2. The van der Waals surface area contributed by atoms with E-state index in [0.717, 1.165) is 21.3 Å². The number of amides is 1. The summed E-state index contributed by atoms with van der Waals surface area (Å²) in [7, 11) is 1.95. The van der Waals surface area contributed by atoms with Crippen LogP contribution in [-0.2, 0) is 13.6 Å². The van der Waals surface area contributed by atoms with Crippen molar-refractivity contribution in [2.24, 2.45) is 7.05 Å². The van der Waals surface area contributed by atoms with Crippen LogP contribution in [0, 0.1) is 0 Å². The summed E-state index contributed by atoms with van der Waals surface area (Å²) in [5.41, 5.74) is 2.63. The van der Waals surface area contributed by atoms with E-state index >= 15 is 0 Å². The van der Waals surface area contributed by atoms with E-state index in [4.69, 9.17) is 0 Å². The number of para-hydroxylation sites is 2. The molecule has 0 saturated heterocycles. The fourth-order valence-electron chi connectivity index (χ4n) is 2.22. The Morgan fingerprint density at radius 1 is 1.19 bits per heavy atom. The highest BCUT2D eigenvalue weighted by Crippen LogP contribution is 2.14. The zero-order chi connectivity index (χ0) is 14.8. The van der Waals surface area contributed by atoms with Crippen molar-refractivity contribution in [3.63, 3.8) is 0 Å². The van der Waals surface area contributed by atoms with Crippen molar-refractivity contribution in [1.29, 1.82) is 0 Å². The Morgan fingerprint density at radius 3 is 2.62 bits per heavy atom. The van der Waals surface area contributed by atoms with Crippen LogP contribution >= 0.6 is 15.9 Å². The monoisotopic (exact) mass is 343 g/mol. The van der Waals surface area contributed by atoms with E-state index in [2.05, 4.69) is 26.2 Å². The number of halogens is 1. The lowest BCUT2D eigenvalue weighted by atomic mass is 10.2. The van der Waals surface area contributed by atoms with Gasteiger partial charge in [-0.05, 0) is 36.4 Å². The average molecular weight is 344 g/mol. The summed E-state index contributed by atoms with van der Waals surface area (Å²) in [6.07, 6.45) is 0. The van der Waals surface area contributed by atoms with E-state index in [1.54, 1.807) is 12.1 Å². The highest BCUT2D eigenvalue weighted by molar-refractivity contribution is 9.10. The Balaban J connectivity index is 1.75. The maximum Gasteiger partial charge on any atom is 0.251 e. The molecule has 0 aliphatic heterocycles. The lowest BCUT2D eigenvalue weighted by molar-refractivity contribution is 0.0949. The summed E-state index contributed by atoms with van der Waals surface area (Å²) in [4.78, 5) is 16.6. The molecule has 0 radical (unpaired) electrons. The first kappa shape index (κ1) is 13.8. The van der Waals surface area contributed by atoms with Gasteiger partial charge in [-0.15, -0.1) is 0 Å². The van der Waals surface area contributed by atoms with Gasteiger partial charge in [0.2, 0.25) is 0 Å². The van der Waals surface area contributed by atoms with Crippen molar-refractivity contribution in [3.05, 3.63) is 64.4 Å². The van der Waals surface area contributed by atoms with Crippen molar-refractivity contribution in [3.8, 4) is 0 Å². The molecule has 4 nitrogen and oxygen atoms in total. The Bertz CT molecular complexity index is 793. The van der Waals surface area contributed by atoms with Gasteiger partial charge in [0.25, 0.3) is 5.91 Å². The molecular formula is C16H14BrN3O. The Kier molecular flexibility index (Phi) is 3.75. The van der Waals surface area contributed by atoms with Crippen LogP contribution in [0.3, 0.4) is 0 Å². The second-order valence-electron chi connectivity index (χ2n) is 4.77. The number of carbonyl (C=O) groups is 1.